The Kier molecular flexibility index (Phi) is 6.22. The van der Waals surface area contributed by atoms with Crippen LogP contribution in [0.1, 0.15) is 18.1 Å². The summed E-state index contributed by atoms with van der Waals surface area (Å²) in [5, 5.41) is 4.60. The first-order chi connectivity index (χ1) is 17.3. The average Bonchev–Trinajstić information content (AvgIpc) is 2.89. The molecule has 0 unspecified atom stereocenters. The Bertz CT molecular complexity index is 1380. The second kappa shape index (κ2) is 9.49. The quantitative estimate of drug-likeness (QED) is 0.561. The highest BCUT2D eigenvalue weighted by molar-refractivity contribution is 6.03. The summed E-state index contributed by atoms with van der Waals surface area (Å²) in [4.78, 5) is 43.7. The minimum absolute atomic E-state index is 0.0283. The SMILES string of the molecule is Cc1ccc(-n2nc(N3CCN(C(=O)CN4C(=O)[C@H](C)Oc5ccccc54)CC3)ccc2=O)cc1C. The van der Waals surface area contributed by atoms with Gasteiger partial charge in [-0.05, 0) is 62.2 Å². The molecule has 1 aromatic heterocycles. The molecule has 1 atom stereocenters. The molecule has 0 spiro atoms. The molecule has 9 nitrogen and oxygen atoms in total. The molecule has 3 aromatic rings. The molecule has 3 heterocycles. The lowest BCUT2D eigenvalue weighted by Gasteiger charge is -2.37. The van der Waals surface area contributed by atoms with Gasteiger partial charge >= 0.3 is 0 Å². The predicted octanol–water partition coefficient (Wildman–Crippen LogP) is 2.31. The normalized spacial score (nSPS) is 17.6. The van der Waals surface area contributed by atoms with Crippen LogP contribution in [0.5, 0.6) is 5.75 Å². The fraction of sp³-hybridized carbons (Fsp3) is 0.333. The molecule has 0 saturated carbocycles. The lowest BCUT2D eigenvalue weighted by Crippen LogP contribution is -2.54. The van der Waals surface area contributed by atoms with Crippen LogP contribution in [0.15, 0.2) is 59.4 Å². The maximum absolute atomic E-state index is 13.1. The van der Waals surface area contributed by atoms with E-state index in [1.807, 2.05) is 44.2 Å². The van der Waals surface area contributed by atoms with Crippen LogP contribution < -0.4 is 20.1 Å². The zero-order chi connectivity index (χ0) is 25.4. The molecule has 5 rings (SSSR count). The Morgan fingerprint density at radius 2 is 1.72 bits per heavy atom. The summed E-state index contributed by atoms with van der Waals surface area (Å²) < 4.78 is 7.09. The van der Waals surface area contributed by atoms with E-state index in [0.717, 1.165) is 16.8 Å². The largest absolute Gasteiger partial charge is 0.479 e. The second-order valence-electron chi connectivity index (χ2n) is 9.23. The number of piperazine rings is 1. The third-order valence-corrected chi connectivity index (χ3v) is 6.84. The molecule has 36 heavy (non-hydrogen) atoms. The van der Waals surface area contributed by atoms with E-state index in [-0.39, 0.29) is 23.9 Å². The molecular formula is C27H29N5O4. The van der Waals surface area contributed by atoms with Gasteiger partial charge in [-0.1, -0.05) is 18.2 Å². The van der Waals surface area contributed by atoms with Crippen molar-refractivity contribution in [2.45, 2.75) is 26.9 Å². The zero-order valence-electron chi connectivity index (χ0n) is 20.7. The minimum Gasteiger partial charge on any atom is -0.479 e. The van der Waals surface area contributed by atoms with Crippen molar-refractivity contribution in [3.63, 3.8) is 0 Å². The summed E-state index contributed by atoms with van der Waals surface area (Å²) >= 11 is 0. The number of fused-ring (bicyclic) bond motifs is 1. The number of ether oxygens (including phenoxy) is 1. The Balaban J connectivity index is 1.27. The van der Waals surface area contributed by atoms with E-state index in [9.17, 15) is 14.4 Å². The number of aromatic nitrogens is 2. The molecule has 2 amide bonds. The van der Waals surface area contributed by atoms with Crippen molar-refractivity contribution in [3.8, 4) is 11.4 Å². The standard InChI is InChI=1S/C27H29N5O4/c1-18-8-9-21(16-19(18)2)32-25(33)11-10-24(28-32)29-12-14-30(15-13-29)26(34)17-31-22-6-4-5-7-23(22)36-20(3)27(31)35/h4-11,16,20H,12-15,17H2,1-3H3/t20-/m0/s1. The van der Waals surface area contributed by atoms with E-state index in [1.165, 1.54) is 15.6 Å². The molecular weight excluding hydrogens is 458 g/mol. The van der Waals surface area contributed by atoms with Crippen LogP contribution in [-0.4, -0.2) is 65.3 Å². The number of carbonyl (C=O) groups is 2. The Morgan fingerprint density at radius 3 is 2.47 bits per heavy atom. The highest BCUT2D eigenvalue weighted by Gasteiger charge is 2.34. The fourth-order valence-electron chi connectivity index (χ4n) is 4.55. The van der Waals surface area contributed by atoms with Crippen molar-refractivity contribution >= 4 is 23.3 Å². The molecule has 0 radical (unpaired) electrons. The monoisotopic (exact) mass is 487 g/mol. The molecule has 2 aliphatic heterocycles. The van der Waals surface area contributed by atoms with Gasteiger partial charge < -0.3 is 14.5 Å². The van der Waals surface area contributed by atoms with E-state index in [1.54, 1.807) is 30.0 Å². The molecule has 1 fully saturated rings. The van der Waals surface area contributed by atoms with Crippen LogP contribution in [0.2, 0.25) is 0 Å². The highest BCUT2D eigenvalue weighted by atomic mass is 16.5. The van der Waals surface area contributed by atoms with Gasteiger partial charge in [-0.25, -0.2) is 0 Å². The summed E-state index contributed by atoms with van der Waals surface area (Å²) in [6.45, 7) is 7.85. The molecule has 2 aliphatic rings. The first-order valence-electron chi connectivity index (χ1n) is 12.1. The lowest BCUT2D eigenvalue weighted by atomic mass is 10.1. The molecule has 1 saturated heterocycles. The molecule has 0 bridgehead atoms. The molecule has 186 valence electrons. The molecule has 0 aliphatic carbocycles. The van der Waals surface area contributed by atoms with Crippen molar-refractivity contribution in [1.82, 2.24) is 14.7 Å². The molecule has 0 N–H and O–H groups in total. The van der Waals surface area contributed by atoms with Gasteiger partial charge in [-0.2, -0.15) is 4.68 Å². The van der Waals surface area contributed by atoms with Gasteiger partial charge in [0.15, 0.2) is 6.10 Å². The van der Waals surface area contributed by atoms with E-state index in [2.05, 4.69) is 10.00 Å². The van der Waals surface area contributed by atoms with Crippen LogP contribution in [0.3, 0.4) is 0 Å². The van der Waals surface area contributed by atoms with Gasteiger partial charge in [0.2, 0.25) is 5.91 Å². The molecule has 9 heteroatoms. The number of benzene rings is 2. The van der Waals surface area contributed by atoms with Crippen molar-refractivity contribution in [2.24, 2.45) is 0 Å². The highest BCUT2D eigenvalue weighted by Crippen LogP contribution is 2.33. The van der Waals surface area contributed by atoms with Crippen LogP contribution in [0, 0.1) is 13.8 Å². The first-order valence-corrected chi connectivity index (χ1v) is 12.1. The van der Waals surface area contributed by atoms with Crippen LogP contribution >= 0.6 is 0 Å². The van der Waals surface area contributed by atoms with Crippen LogP contribution in [-0.2, 0) is 9.59 Å². The Morgan fingerprint density at radius 1 is 0.972 bits per heavy atom. The maximum atomic E-state index is 13.1. The Labute approximate surface area is 209 Å². The third-order valence-electron chi connectivity index (χ3n) is 6.84. The van der Waals surface area contributed by atoms with Crippen molar-refractivity contribution < 1.29 is 14.3 Å². The number of carbonyl (C=O) groups excluding carboxylic acids is 2. The maximum Gasteiger partial charge on any atom is 0.271 e. The van der Waals surface area contributed by atoms with E-state index in [4.69, 9.17) is 4.74 Å². The smallest absolute Gasteiger partial charge is 0.271 e. The van der Waals surface area contributed by atoms with Crippen LogP contribution in [0.4, 0.5) is 11.5 Å². The number of amides is 2. The van der Waals surface area contributed by atoms with Gasteiger partial charge in [0.1, 0.15) is 18.1 Å². The summed E-state index contributed by atoms with van der Waals surface area (Å²) in [5.41, 5.74) is 3.39. The zero-order valence-corrected chi connectivity index (χ0v) is 20.7. The minimum atomic E-state index is -0.636. The van der Waals surface area contributed by atoms with Gasteiger partial charge in [0.05, 0.1) is 11.4 Å². The second-order valence-corrected chi connectivity index (χ2v) is 9.23. The van der Waals surface area contributed by atoms with Crippen molar-refractivity contribution in [3.05, 3.63) is 76.1 Å². The van der Waals surface area contributed by atoms with E-state index in [0.29, 0.717) is 43.4 Å². The summed E-state index contributed by atoms with van der Waals surface area (Å²) in [7, 11) is 0. The van der Waals surface area contributed by atoms with E-state index >= 15 is 0 Å². The first kappa shape index (κ1) is 23.6. The van der Waals surface area contributed by atoms with Crippen molar-refractivity contribution in [2.75, 3.05) is 42.5 Å². The lowest BCUT2D eigenvalue weighted by molar-refractivity contribution is -0.133. The average molecular weight is 488 g/mol. The number of para-hydroxylation sites is 2. The number of hydrogen-bond acceptors (Lipinski definition) is 6. The van der Waals surface area contributed by atoms with Gasteiger partial charge in [0, 0.05) is 32.2 Å². The number of anilines is 2. The summed E-state index contributed by atoms with van der Waals surface area (Å²) in [6.07, 6.45) is -0.636. The number of rotatable bonds is 4. The number of nitrogens with zero attached hydrogens (tertiary/aromatic N) is 5. The molecule has 2 aromatic carbocycles. The predicted molar refractivity (Wildman–Crippen MR) is 137 cm³/mol. The number of aryl methyl sites for hydroxylation is 2. The van der Waals surface area contributed by atoms with Gasteiger partial charge in [-0.15, -0.1) is 5.10 Å². The van der Waals surface area contributed by atoms with Gasteiger partial charge in [-0.3, -0.25) is 19.3 Å². The fourth-order valence-corrected chi connectivity index (χ4v) is 4.55. The van der Waals surface area contributed by atoms with Gasteiger partial charge in [0.25, 0.3) is 11.5 Å². The van der Waals surface area contributed by atoms with Crippen molar-refractivity contribution in [1.29, 1.82) is 0 Å². The third kappa shape index (κ3) is 4.44. The Hall–Kier alpha value is -4.14. The number of hydrogen-bond donors (Lipinski definition) is 0. The van der Waals surface area contributed by atoms with E-state index < -0.39 is 6.10 Å². The summed E-state index contributed by atoms with van der Waals surface area (Å²) in [5.74, 6) is 0.955. The summed E-state index contributed by atoms with van der Waals surface area (Å²) in [6, 6.07) is 16.3. The topological polar surface area (TPSA) is 88.0 Å². The van der Waals surface area contributed by atoms with Crippen LogP contribution in [0.25, 0.3) is 5.69 Å².